The summed E-state index contributed by atoms with van der Waals surface area (Å²) in [4.78, 5) is 9.93. The largest absolute Gasteiger partial charge is 0.488 e. The standard InChI is InChI=1S/C11H13ClFNO6S/c1-8-6-11(9(13)7-10(8)14(15)16)20-3-2-19-4-5-21(12,17)18/h6-7H,2-5H2,1H3. The smallest absolute Gasteiger partial charge is 0.275 e. The normalized spacial score (nSPS) is 11.4. The molecule has 0 aliphatic heterocycles. The number of rotatable bonds is 8. The fourth-order valence-electron chi connectivity index (χ4n) is 1.42. The Hall–Kier alpha value is -1.45. The van der Waals surface area contributed by atoms with E-state index in [0.717, 1.165) is 6.07 Å². The Morgan fingerprint density at radius 3 is 2.57 bits per heavy atom. The van der Waals surface area contributed by atoms with Gasteiger partial charge < -0.3 is 9.47 Å². The Balaban J connectivity index is 2.46. The van der Waals surface area contributed by atoms with Crippen LogP contribution in [0.5, 0.6) is 5.75 Å². The van der Waals surface area contributed by atoms with Crippen LogP contribution in [0.15, 0.2) is 12.1 Å². The van der Waals surface area contributed by atoms with Crippen molar-refractivity contribution in [2.75, 3.05) is 25.6 Å². The van der Waals surface area contributed by atoms with Crippen molar-refractivity contribution in [2.24, 2.45) is 0 Å². The van der Waals surface area contributed by atoms with E-state index in [-0.39, 0.29) is 42.6 Å². The zero-order valence-corrected chi connectivity index (χ0v) is 12.6. The highest BCUT2D eigenvalue weighted by molar-refractivity contribution is 8.13. The van der Waals surface area contributed by atoms with Crippen LogP contribution in [0.3, 0.4) is 0 Å². The lowest BCUT2D eigenvalue weighted by Gasteiger charge is -2.08. The average Bonchev–Trinajstić information content (AvgIpc) is 2.35. The van der Waals surface area contributed by atoms with E-state index in [2.05, 4.69) is 0 Å². The molecule has 1 rings (SSSR count). The molecule has 0 saturated heterocycles. The van der Waals surface area contributed by atoms with Gasteiger partial charge in [0.1, 0.15) is 6.61 Å². The summed E-state index contributed by atoms with van der Waals surface area (Å²) in [5, 5.41) is 10.6. The van der Waals surface area contributed by atoms with Crippen molar-refractivity contribution >= 4 is 25.4 Å². The number of aryl methyl sites for hydroxylation is 1. The molecule has 0 unspecified atom stereocenters. The molecule has 0 amide bonds. The van der Waals surface area contributed by atoms with E-state index in [1.54, 1.807) is 0 Å². The minimum atomic E-state index is -3.61. The summed E-state index contributed by atoms with van der Waals surface area (Å²) >= 11 is 0. The van der Waals surface area contributed by atoms with Gasteiger partial charge in [0.25, 0.3) is 5.69 Å². The Morgan fingerprint density at radius 1 is 1.33 bits per heavy atom. The first-order valence-corrected chi connectivity index (χ1v) is 8.26. The number of nitro groups is 1. The van der Waals surface area contributed by atoms with Gasteiger partial charge in [0, 0.05) is 16.2 Å². The molecule has 21 heavy (non-hydrogen) atoms. The van der Waals surface area contributed by atoms with E-state index in [1.807, 2.05) is 0 Å². The number of hydrogen-bond donors (Lipinski definition) is 0. The van der Waals surface area contributed by atoms with Crippen LogP contribution in [-0.4, -0.2) is 38.9 Å². The van der Waals surface area contributed by atoms with Gasteiger partial charge in [-0.15, -0.1) is 0 Å². The van der Waals surface area contributed by atoms with Gasteiger partial charge in [0.2, 0.25) is 9.05 Å². The predicted molar refractivity (Wildman–Crippen MR) is 73.7 cm³/mol. The zero-order valence-electron chi connectivity index (χ0n) is 11.0. The van der Waals surface area contributed by atoms with E-state index in [9.17, 15) is 22.9 Å². The number of halogens is 2. The van der Waals surface area contributed by atoms with Crippen molar-refractivity contribution in [1.82, 2.24) is 0 Å². The van der Waals surface area contributed by atoms with Crippen LogP contribution >= 0.6 is 10.7 Å². The Labute approximate surface area is 125 Å². The Morgan fingerprint density at radius 2 is 2.00 bits per heavy atom. The number of nitro benzene ring substituents is 1. The Bertz CT molecular complexity index is 621. The zero-order chi connectivity index (χ0) is 16.0. The van der Waals surface area contributed by atoms with Crippen LogP contribution in [0.4, 0.5) is 10.1 Å². The molecule has 0 aliphatic carbocycles. The van der Waals surface area contributed by atoms with Gasteiger partial charge in [0.05, 0.1) is 30.0 Å². The second-order valence-corrected chi connectivity index (χ2v) is 6.93. The molecule has 0 atom stereocenters. The summed E-state index contributed by atoms with van der Waals surface area (Å²) in [6.45, 7) is 1.36. The maximum atomic E-state index is 13.6. The number of benzene rings is 1. The highest BCUT2D eigenvalue weighted by atomic mass is 35.7. The summed E-state index contributed by atoms with van der Waals surface area (Å²) in [6, 6.07) is 2.00. The van der Waals surface area contributed by atoms with Crippen LogP contribution in [0.25, 0.3) is 0 Å². The SMILES string of the molecule is Cc1cc(OCCOCCS(=O)(=O)Cl)c(F)cc1[N+](=O)[O-]. The quantitative estimate of drug-likeness (QED) is 0.310. The van der Waals surface area contributed by atoms with E-state index in [1.165, 1.54) is 13.0 Å². The molecule has 7 nitrogen and oxygen atoms in total. The molecular formula is C11H13ClFNO6S. The predicted octanol–water partition coefficient (Wildman–Crippen LogP) is 2.01. The second-order valence-electron chi connectivity index (χ2n) is 4.03. The molecule has 0 aliphatic rings. The van der Waals surface area contributed by atoms with Crippen LogP contribution < -0.4 is 4.74 Å². The molecule has 118 valence electrons. The van der Waals surface area contributed by atoms with E-state index in [0.29, 0.717) is 0 Å². The van der Waals surface area contributed by atoms with Gasteiger partial charge in [-0.25, -0.2) is 12.8 Å². The van der Waals surface area contributed by atoms with Crippen molar-refractivity contribution in [3.8, 4) is 5.75 Å². The molecule has 10 heteroatoms. The molecule has 0 radical (unpaired) electrons. The number of nitrogens with zero attached hydrogens (tertiary/aromatic N) is 1. The summed E-state index contributed by atoms with van der Waals surface area (Å²) in [5.74, 6) is -1.32. The molecule has 0 bridgehead atoms. The van der Waals surface area contributed by atoms with Crippen molar-refractivity contribution < 1.29 is 27.2 Å². The third-order valence-corrected chi connectivity index (χ3v) is 3.52. The first-order chi connectivity index (χ1) is 9.70. The fraction of sp³-hybridized carbons (Fsp3) is 0.455. The second kappa shape index (κ2) is 7.53. The van der Waals surface area contributed by atoms with E-state index in [4.69, 9.17) is 20.2 Å². The van der Waals surface area contributed by atoms with Gasteiger partial charge in [-0.2, -0.15) is 0 Å². The third kappa shape index (κ3) is 6.23. The van der Waals surface area contributed by atoms with Crippen LogP contribution in [-0.2, 0) is 13.8 Å². The van der Waals surface area contributed by atoms with E-state index >= 15 is 0 Å². The monoisotopic (exact) mass is 341 g/mol. The van der Waals surface area contributed by atoms with E-state index < -0.39 is 19.8 Å². The summed E-state index contributed by atoms with van der Waals surface area (Å²) in [5.41, 5.74) is -0.0611. The van der Waals surface area contributed by atoms with Gasteiger partial charge >= 0.3 is 0 Å². The molecule has 0 fully saturated rings. The lowest BCUT2D eigenvalue weighted by Crippen LogP contribution is -2.12. The summed E-state index contributed by atoms with van der Waals surface area (Å²) in [7, 11) is 1.37. The van der Waals surface area contributed by atoms with Gasteiger partial charge in [-0.05, 0) is 13.0 Å². The molecule has 0 N–H and O–H groups in total. The fourth-order valence-corrected chi connectivity index (χ4v) is 1.93. The van der Waals surface area contributed by atoms with Crippen molar-refractivity contribution in [1.29, 1.82) is 0 Å². The van der Waals surface area contributed by atoms with Crippen LogP contribution in [0.2, 0.25) is 0 Å². The highest BCUT2D eigenvalue weighted by Crippen LogP contribution is 2.26. The molecule has 0 saturated carbocycles. The first kappa shape index (κ1) is 17.6. The summed E-state index contributed by atoms with van der Waals surface area (Å²) < 4.78 is 44.8. The molecule has 0 aromatic heterocycles. The maximum Gasteiger partial charge on any atom is 0.275 e. The van der Waals surface area contributed by atoms with Crippen molar-refractivity contribution in [3.63, 3.8) is 0 Å². The molecule has 0 spiro atoms. The Kier molecular flexibility index (Phi) is 6.31. The van der Waals surface area contributed by atoms with Gasteiger partial charge in [-0.3, -0.25) is 10.1 Å². The number of ether oxygens (including phenoxy) is 2. The highest BCUT2D eigenvalue weighted by Gasteiger charge is 2.16. The summed E-state index contributed by atoms with van der Waals surface area (Å²) in [6.07, 6.45) is 0. The first-order valence-electron chi connectivity index (χ1n) is 5.78. The lowest BCUT2D eigenvalue weighted by atomic mass is 10.2. The molecular weight excluding hydrogens is 329 g/mol. The van der Waals surface area contributed by atoms with Crippen LogP contribution in [0.1, 0.15) is 5.56 Å². The average molecular weight is 342 g/mol. The van der Waals surface area contributed by atoms with Gasteiger partial charge in [-0.1, -0.05) is 0 Å². The minimum absolute atomic E-state index is 0.0296. The number of hydrogen-bond acceptors (Lipinski definition) is 6. The van der Waals surface area contributed by atoms with Gasteiger partial charge in [0.15, 0.2) is 11.6 Å². The maximum absolute atomic E-state index is 13.6. The molecule has 0 heterocycles. The third-order valence-electron chi connectivity index (χ3n) is 2.40. The topological polar surface area (TPSA) is 95.7 Å². The van der Waals surface area contributed by atoms with Crippen LogP contribution in [0, 0.1) is 22.9 Å². The molecule has 1 aromatic carbocycles. The van der Waals surface area contributed by atoms with Crippen molar-refractivity contribution in [3.05, 3.63) is 33.6 Å². The lowest BCUT2D eigenvalue weighted by molar-refractivity contribution is -0.385. The molecule has 1 aromatic rings. The van der Waals surface area contributed by atoms with Crippen molar-refractivity contribution in [2.45, 2.75) is 6.92 Å². The minimum Gasteiger partial charge on any atom is -0.488 e.